The second kappa shape index (κ2) is 9.11. The number of carbonyl (C=O) groups is 1. The van der Waals surface area contributed by atoms with Gasteiger partial charge in [-0.2, -0.15) is 0 Å². The van der Waals surface area contributed by atoms with Gasteiger partial charge in [-0.05, 0) is 47.1 Å². The van der Waals surface area contributed by atoms with Gasteiger partial charge in [0.25, 0.3) is 0 Å². The smallest absolute Gasteiger partial charge is 0.320 e. The van der Waals surface area contributed by atoms with E-state index in [0.717, 1.165) is 0 Å². The highest BCUT2D eigenvalue weighted by molar-refractivity contribution is 9.10. The first kappa shape index (κ1) is 18.8. The molecule has 0 aliphatic rings. The summed E-state index contributed by atoms with van der Waals surface area (Å²) in [6, 6.07) is 3.55. The fourth-order valence-corrected chi connectivity index (χ4v) is 2.15. The first-order valence-electron chi connectivity index (χ1n) is 7.18. The van der Waals surface area contributed by atoms with E-state index in [1.807, 2.05) is 5.48 Å². The number of benzene rings is 1. The van der Waals surface area contributed by atoms with Gasteiger partial charge in [-0.25, -0.2) is 14.2 Å². The highest BCUT2D eigenvalue weighted by Gasteiger charge is 2.16. The van der Waals surface area contributed by atoms with Crippen molar-refractivity contribution in [3.8, 4) is 0 Å². The Balaban J connectivity index is 2.18. The lowest BCUT2D eigenvalue weighted by Gasteiger charge is -2.07. The predicted molar refractivity (Wildman–Crippen MR) is 92.4 cm³/mol. The standard InChI is InChI=1S/C14H16BrFN6O3/c15-10-6-8(2-3-11(10)16)19-12(21-24)9-7-25-22-13(9)20-14(23)18-5-1-4-17/h2-3,6-7,24H,1,4-5,17H2,(H,19,21)(H2,18,20,22,23). The van der Waals surface area contributed by atoms with Gasteiger partial charge < -0.3 is 15.6 Å². The molecule has 1 heterocycles. The van der Waals surface area contributed by atoms with Gasteiger partial charge in [-0.1, -0.05) is 5.16 Å². The number of halogens is 2. The minimum atomic E-state index is -0.509. The second-order valence-electron chi connectivity index (χ2n) is 4.77. The monoisotopic (exact) mass is 414 g/mol. The number of aromatic nitrogens is 1. The first-order valence-corrected chi connectivity index (χ1v) is 7.98. The molecule has 0 saturated carbocycles. The summed E-state index contributed by atoms with van der Waals surface area (Å²) in [6.45, 7) is 0.853. The van der Waals surface area contributed by atoms with Crippen LogP contribution >= 0.6 is 15.9 Å². The van der Waals surface area contributed by atoms with Gasteiger partial charge in [-0.3, -0.25) is 16.0 Å². The number of amidine groups is 1. The molecule has 0 aliphatic carbocycles. The Kier molecular flexibility index (Phi) is 6.86. The highest BCUT2D eigenvalue weighted by Crippen LogP contribution is 2.23. The first-order chi connectivity index (χ1) is 12.0. The van der Waals surface area contributed by atoms with E-state index in [-0.39, 0.29) is 21.7 Å². The van der Waals surface area contributed by atoms with E-state index >= 15 is 0 Å². The Labute approximate surface area is 150 Å². The topological polar surface area (TPSA) is 138 Å². The van der Waals surface area contributed by atoms with Crippen LogP contribution in [-0.4, -0.2) is 35.3 Å². The number of rotatable bonds is 6. The summed E-state index contributed by atoms with van der Waals surface area (Å²) in [7, 11) is 0. The van der Waals surface area contributed by atoms with Crippen molar-refractivity contribution in [3.05, 3.63) is 40.3 Å². The van der Waals surface area contributed by atoms with Gasteiger partial charge in [0.15, 0.2) is 11.7 Å². The molecule has 9 nitrogen and oxygen atoms in total. The fraction of sp³-hybridized carbons (Fsp3) is 0.214. The number of amides is 2. The molecular weight excluding hydrogens is 399 g/mol. The average molecular weight is 415 g/mol. The lowest BCUT2D eigenvalue weighted by Crippen LogP contribution is -2.31. The zero-order chi connectivity index (χ0) is 18.2. The summed E-state index contributed by atoms with van der Waals surface area (Å²) >= 11 is 3.05. The minimum absolute atomic E-state index is 0.0444. The number of anilines is 1. The van der Waals surface area contributed by atoms with E-state index in [1.54, 1.807) is 0 Å². The molecule has 25 heavy (non-hydrogen) atoms. The van der Waals surface area contributed by atoms with E-state index in [4.69, 9.17) is 10.3 Å². The van der Waals surface area contributed by atoms with E-state index in [0.29, 0.717) is 25.2 Å². The zero-order valence-corrected chi connectivity index (χ0v) is 14.5. The van der Waals surface area contributed by atoms with Gasteiger partial charge >= 0.3 is 6.03 Å². The molecule has 0 bridgehead atoms. The molecule has 2 aromatic rings. The Hall–Kier alpha value is -2.50. The number of hydroxylamine groups is 1. The summed E-state index contributed by atoms with van der Waals surface area (Å²) in [4.78, 5) is 15.9. The van der Waals surface area contributed by atoms with Gasteiger partial charge in [-0.15, -0.1) is 0 Å². The van der Waals surface area contributed by atoms with Crippen molar-refractivity contribution in [2.24, 2.45) is 10.7 Å². The molecule has 6 N–H and O–H groups in total. The third-order valence-corrected chi connectivity index (χ3v) is 3.58. The van der Waals surface area contributed by atoms with Crippen LogP contribution < -0.4 is 21.8 Å². The molecular formula is C14H16BrFN6O3. The van der Waals surface area contributed by atoms with Crippen molar-refractivity contribution in [2.45, 2.75) is 6.42 Å². The second-order valence-corrected chi connectivity index (χ2v) is 5.62. The maximum absolute atomic E-state index is 13.3. The molecule has 1 aromatic carbocycles. The predicted octanol–water partition coefficient (Wildman–Crippen LogP) is 2.10. The number of nitrogens with two attached hydrogens (primary N) is 1. The van der Waals surface area contributed by atoms with Crippen LogP contribution in [0, 0.1) is 5.82 Å². The van der Waals surface area contributed by atoms with Gasteiger partial charge in [0.1, 0.15) is 17.6 Å². The van der Waals surface area contributed by atoms with Gasteiger partial charge in [0.05, 0.1) is 10.2 Å². The average Bonchev–Trinajstić information content (AvgIpc) is 3.04. The van der Waals surface area contributed by atoms with Crippen LogP contribution in [-0.2, 0) is 0 Å². The summed E-state index contributed by atoms with van der Waals surface area (Å²) in [5, 5.41) is 18.1. The summed E-state index contributed by atoms with van der Waals surface area (Å²) in [5.74, 6) is -0.442. The maximum atomic E-state index is 13.3. The molecule has 134 valence electrons. The third kappa shape index (κ3) is 5.24. The molecule has 0 atom stereocenters. The Morgan fingerprint density at radius 3 is 2.96 bits per heavy atom. The summed E-state index contributed by atoms with van der Waals surface area (Å²) < 4.78 is 18.3. The van der Waals surface area contributed by atoms with Crippen molar-refractivity contribution in [1.82, 2.24) is 16.0 Å². The van der Waals surface area contributed by atoms with E-state index in [2.05, 4.69) is 36.7 Å². The molecule has 0 radical (unpaired) electrons. The molecule has 0 fully saturated rings. The summed E-state index contributed by atoms with van der Waals surface area (Å²) in [6.07, 6.45) is 1.82. The number of aliphatic imine (C=N–C) groups is 1. The van der Waals surface area contributed by atoms with Crippen molar-refractivity contribution in [3.63, 3.8) is 0 Å². The Bertz CT molecular complexity index is 767. The normalized spacial score (nSPS) is 11.3. The van der Waals surface area contributed by atoms with Gasteiger partial charge in [0.2, 0.25) is 0 Å². The third-order valence-electron chi connectivity index (χ3n) is 2.97. The quantitative estimate of drug-likeness (QED) is 0.212. The number of nitrogens with one attached hydrogen (secondary N) is 3. The zero-order valence-electron chi connectivity index (χ0n) is 12.9. The number of hydrogen-bond donors (Lipinski definition) is 5. The largest absolute Gasteiger partial charge is 0.362 e. The lowest BCUT2D eigenvalue weighted by atomic mass is 10.3. The number of nitrogens with zero attached hydrogens (tertiary/aromatic N) is 2. The maximum Gasteiger partial charge on any atom is 0.320 e. The molecule has 11 heteroatoms. The van der Waals surface area contributed by atoms with Crippen LogP contribution in [0.4, 0.5) is 20.7 Å². The van der Waals surface area contributed by atoms with Crippen LogP contribution in [0.5, 0.6) is 0 Å². The van der Waals surface area contributed by atoms with E-state index < -0.39 is 11.8 Å². The van der Waals surface area contributed by atoms with Crippen LogP contribution in [0.15, 0.2) is 38.5 Å². The Morgan fingerprint density at radius 1 is 1.48 bits per heavy atom. The molecule has 0 unspecified atom stereocenters. The van der Waals surface area contributed by atoms with Crippen molar-refractivity contribution < 1.29 is 18.9 Å². The Morgan fingerprint density at radius 2 is 2.28 bits per heavy atom. The molecule has 0 spiro atoms. The van der Waals surface area contributed by atoms with Crippen LogP contribution in [0.3, 0.4) is 0 Å². The highest BCUT2D eigenvalue weighted by atomic mass is 79.9. The van der Waals surface area contributed by atoms with Crippen LogP contribution in [0.2, 0.25) is 0 Å². The fourth-order valence-electron chi connectivity index (χ4n) is 1.78. The molecule has 1 aromatic heterocycles. The summed E-state index contributed by atoms with van der Waals surface area (Å²) in [5.41, 5.74) is 7.81. The molecule has 2 amide bonds. The minimum Gasteiger partial charge on any atom is -0.362 e. The molecule has 2 rings (SSSR count). The van der Waals surface area contributed by atoms with E-state index in [1.165, 1.54) is 24.5 Å². The van der Waals surface area contributed by atoms with Gasteiger partial charge in [0, 0.05) is 6.54 Å². The van der Waals surface area contributed by atoms with Crippen LogP contribution in [0.1, 0.15) is 12.0 Å². The number of hydrogen-bond acceptors (Lipinski definition) is 6. The molecule has 0 aliphatic heterocycles. The van der Waals surface area contributed by atoms with Crippen molar-refractivity contribution in [2.75, 3.05) is 18.4 Å². The lowest BCUT2D eigenvalue weighted by molar-refractivity contribution is 0.235. The van der Waals surface area contributed by atoms with Crippen molar-refractivity contribution in [1.29, 1.82) is 0 Å². The molecule has 0 saturated heterocycles. The SMILES string of the molecule is NCCCNC(=O)Nc1nocc1C(=Nc1ccc(F)c(Br)c1)NO. The van der Waals surface area contributed by atoms with E-state index in [9.17, 15) is 14.4 Å². The number of carbonyl (C=O) groups excluding carboxylic acids is 1. The number of urea groups is 1. The van der Waals surface area contributed by atoms with Crippen molar-refractivity contribution >= 4 is 39.3 Å². The van der Waals surface area contributed by atoms with Crippen LogP contribution in [0.25, 0.3) is 0 Å².